The van der Waals surface area contributed by atoms with E-state index in [0.717, 1.165) is 17.0 Å². The van der Waals surface area contributed by atoms with Crippen LogP contribution in [0.3, 0.4) is 0 Å². The van der Waals surface area contributed by atoms with Gasteiger partial charge in [-0.3, -0.25) is 14.9 Å². The van der Waals surface area contributed by atoms with Gasteiger partial charge < -0.3 is 10.2 Å². The first-order valence-corrected chi connectivity index (χ1v) is 18.2. The van der Waals surface area contributed by atoms with Crippen molar-refractivity contribution in [1.29, 1.82) is 0 Å². The molecule has 4 aromatic rings. The van der Waals surface area contributed by atoms with Crippen LogP contribution < -0.4 is 14.9 Å². The molecule has 1 saturated heterocycles. The van der Waals surface area contributed by atoms with Crippen LogP contribution in [0.5, 0.6) is 0 Å². The Kier molecular flexibility index (Phi) is 10.4. The third-order valence-electron chi connectivity index (χ3n) is 7.30. The Balaban J connectivity index is 1.18. The van der Waals surface area contributed by atoms with Crippen LogP contribution in [0.25, 0.3) is 0 Å². The van der Waals surface area contributed by atoms with Gasteiger partial charge in [0.05, 0.1) is 14.7 Å². The van der Waals surface area contributed by atoms with Crippen molar-refractivity contribution in [3.8, 4) is 0 Å². The fourth-order valence-electron chi connectivity index (χ4n) is 4.88. The highest BCUT2D eigenvalue weighted by Gasteiger charge is 2.29. The zero-order chi connectivity index (χ0) is 33.6. The van der Waals surface area contributed by atoms with Gasteiger partial charge in [0.1, 0.15) is 11.5 Å². The van der Waals surface area contributed by atoms with Crippen molar-refractivity contribution in [2.75, 3.05) is 48.7 Å². The van der Waals surface area contributed by atoms with Crippen molar-refractivity contribution in [3.63, 3.8) is 0 Å². The first-order valence-electron chi connectivity index (χ1n) is 14.3. The fraction of sp³-hybridized carbons (Fsp3) is 0.194. The number of nitro benzene ring substituents is 1. The van der Waals surface area contributed by atoms with E-state index in [4.69, 9.17) is 0 Å². The molecule has 1 fully saturated rings. The molecule has 1 aliphatic rings. The SMILES string of the molecule is O=C(NS(=O)(=O)c1ccc(NCCSc2ccccc2)c([N+](=O)[O-])c1)c1ccc(N2CCN(S(=O)(=O)c3cccc(F)c3)CC2)cc1. The number of hydrogen-bond acceptors (Lipinski definition) is 10. The van der Waals surface area contributed by atoms with Gasteiger partial charge in [0.15, 0.2) is 0 Å². The van der Waals surface area contributed by atoms with E-state index in [2.05, 4.69) is 5.32 Å². The van der Waals surface area contributed by atoms with E-state index in [9.17, 15) is 36.1 Å². The lowest BCUT2D eigenvalue weighted by Crippen LogP contribution is -2.48. The molecule has 4 aromatic carbocycles. The minimum atomic E-state index is -4.45. The van der Waals surface area contributed by atoms with Crippen molar-refractivity contribution in [2.45, 2.75) is 14.7 Å². The average Bonchev–Trinajstić information content (AvgIpc) is 3.07. The number of halogens is 1. The standard InChI is InChI=1S/C31H30FN5O7S3/c32-24-5-4-8-28(21-24)47(43,44)36-18-16-35(17-19-36)25-11-9-23(10-12-25)31(38)34-46(41,42)27-13-14-29(30(22-27)37(39)40)33-15-20-45-26-6-2-1-3-7-26/h1-14,21-22,33H,15-20H2,(H,34,38). The summed E-state index contributed by atoms with van der Waals surface area (Å²) in [5.41, 5.74) is 0.427. The summed E-state index contributed by atoms with van der Waals surface area (Å²) in [5.74, 6) is -0.950. The lowest BCUT2D eigenvalue weighted by atomic mass is 10.2. The largest absolute Gasteiger partial charge is 0.379 e. The van der Waals surface area contributed by atoms with Gasteiger partial charge in [-0.1, -0.05) is 24.3 Å². The van der Waals surface area contributed by atoms with Gasteiger partial charge in [-0.05, 0) is 66.7 Å². The summed E-state index contributed by atoms with van der Waals surface area (Å²) in [6, 6.07) is 23.9. The number of nitrogens with one attached hydrogen (secondary N) is 2. The molecular weight excluding hydrogens is 670 g/mol. The second-order valence-corrected chi connectivity index (χ2v) is 15.1. The van der Waals surface area contributed by atoms with Crippen LogP contribution in [-0.4, -0.2) is 70.4 Å². The molecule has 246 valence electrons. The molecule has 1 aliphatic heterocycles. The maximum absolute atomic E-state index is 13.6. The van der Waals surface area contributed by atoms with Crippen molar-refractivity contribution in [1.82, 2.24) is 9.03 Å². The molecule has 0 unspecified atom stereocenters. The summed E-state index contributed by atoms with van der Waals surface area (Å²) in [6.07, 6.45) is 0. The van der Waals surface area contributed by atoms with Crippen LogP contribution >= 0.6 is 11.8 Å². The molecule has 0 spiro atoms. The number of benzene rings is 4. The van der Waals surface area contributed by atoms with Crippen LogP contribution in [0.15, 0.2) is 112 Å². The molecular formula is C31H30FN5O7S3. The molecule has 0 saturated carbocycles. The van der Waals surface area contributed by atoms with E-state index in [0.29, 0.717) is 31.1 Å². The molecule has 0 aliphatic carbocycles. The zero-order valence-corrected chi connectivity index (χ0v) is 27.2. The van der Waals surface area contributed by atoms with Crippen LogP contribution in [-0.2, 0) is 20.0 Å². The quantitative estimate of drug-likeness (QED) is 0.0929. The molecule has 0 bridgehead atoms. The normalized spacial score (nSPS) is 14.0. The highest BCUT2D eigenvalue weighted by Crippen LogP contribution is 2.28. The third-order valence-corrected chi connectivity index (χ3v) is 11.5. The number of carbonyl (C=O) groups is 1. The Morgan fingerprint density at radius 3 is 2.21 bits per heavy atom. The molecule has 16 heteroatoms. The van der Waals surface area contributed by atoms with Crippen molar-refractivity contribution in [2.24, 2.45) is 0 Å². The van der Waals surface area contributed by atoms with Gasteiger partial charge in [-0.2, -0.15) is 4.31 Å². The average molecular weight is 700 g/mol. The maximum Gasteiger partial charge on any atom is 0.293 e. The lowest BCUT2D eigenvalue weighted by Gasteiger charge is -2.35. The number of amides is 1. The minimum Gasteiger partial charge on any atom is -0.379 e. The number of thioether (sulfide) groups is 1. The number of rotatable bonds is 12. The van der Waals surface area contributed by atoms with E-state index in [1.807, 2.05) is 40.0 Å². The Bertz CT molecular complexity index is 1970. The number of nitrogens with zero attached hydrogens (tertiary/aromatic N) is 3. The number of sulfonamides is 2. The maximum atomic E-state index is 13.6. The number of nitro groups is 1. The van der Waals surface area contributed by atoms with Crippen LogP contribution in [0.2, 0.25) is 0 Å². The molecule has 0 aromatic heterocycles. The topological polar surface area (TPSA) is 159 Å². The summed E-state index contributed by atoms with van der Waals surface area (Å²) in [7, 11) is -8.31. The molecule has 2 N–H and O–H groups in total. The van der Waals surface area contributed by atoms with E-state index in [-0.39, 0.29) is 29.2 Å². The van der Waals surface area contributed by atoms with Crippen molar-refractivity contribution < 1.29 is 30.9 Å². The summed E-state index contributed by atoms with van der Waals surface area (Å²) in [4.78, 5) is 26.3. The van der Waals surface area contributed by atoms with Crippen LogP contribution in [0, 0.1) is 15.9 Å². The first-order chi connectivity index (χ1) is 22.4. The van der Waals surface area contributed by atoms with Gasteiger partial charge in [-0.15, -0.1) is 11.8 Å². The van der Waals surface area contributed by atoms with E-state index < -0.39 is 47.3 Å². The smallest absolute Gasteiger partial charge is 0.293 e. The zero-order valence-electron chi connectivity index (χ0n) is 24.8. The predicted octanol–water partition coefficient (Wildman–Crippen LogP) is 4.57. The van der Waals surface area contributed by atoms with Gasteiger partial charge >= 0.3 is 0 Å². The Morgan fingerprint density at radius 1 is 0.851 bits per heavy atom. The molecule has 47 heavy (non-hydrogen) atoms. The van der Waals surface area contributed by atoms with E-state index in [1.54, 1.807) is 23.9 Å². The third kappa shape index (κ3) is 8.26. The highest BCUT2D eigenvalue weighted by atomic mass is 32.2. The van der Waals surface area contributed by atoms with Crippen molar-refractivity contribution in [3.05, 3.63) is 119 Å². The van der Waals surface area contributed by atoms with Gasteiger partial charge in [-0.25, -0.2) is 25.9 Å². The predicted molar refractivity (Wildman–Crippen MR) is 177 cm³/mol. The summed E-state index contributed by atoms with van der Waals surface area (Å²) < 4.78 is 68.6. The molecule has 5 rings (SSSR count). The van der Waals surface area contributed by atoms with Crippen LogP contribution in [0.4, 0.5) is 21.5 Å². The molecule has 1 heterocycles. The number of anilines is 2. The summed E-state index contributed by atoms with van der Waals surface area (Å²) >= 11 is 1.56. The second-order valence-electron chi connectivity index (χ2n) is 10.4. The van der Waals surface area contributed by atoms with Crippen LogP contribution in [0.1, 0.15) is 10.4 Å². The minimum absolute atomic E-state index is 0.0355. The number of piperazine rings is 1. The number of carbonyl (C=O) groups excluding carboxylic acids is 1. The second kappa shape index (κ2) is 14.5. The Hall–Kier alpha value is -4.51. The first kappa shape index (κ1) is 33.8. The summed E-state index contributed by atoms with van der Waals surface area (Å²) in [5, 5.41) is 14.7. The van der Waals surface area contributed by atoms with Gasteiger partial charge in [0, 0.05) is 60.7 Å². The van der Waals surface area contributed by atoms with E-state index >= 15 is 0 Å². The molecule has 0 radical (unpaired) electrons. The Labute approximate surface area is 275 Å². The Morgan fingerprint density at radius 2 is 1.55 bits per heavy atom. The van der Waals surface area contributed by atoms with E-state index in [1.165, 1.54) is 46.8 Å². The molecule has 12 nitrogen and oxygen atoms in total. The fourth-order valence-corrected chi connectivity index (χ4v) is 8.11. The summed E-state index contributed by atoms with van der Waals surface area (Å²) in [6.45, 7) is 1.38. The molecule has 0 atom stereocenters. The monoisotopic (exact) mass is 699 g/mol. The van der Waals surface area contributed by atoms with Crippen molar-refractivity contribution >= 4 is 54.8 Å². The number of hydrogen-bond donors (Lipinski definition) is 2. The molecule has 1 amide bonds. The highest BCUT2D eigenvalue weighted by molar-refractivity contribution is 7.99. The van der Waals surface area contributed by atoms with Gasteiger partial charge in [0.2, 0.25) is 10.0 Å². The van der Waals surface area contributed by atoms with Gasteiger partial charge in [0.25, 0.3) is 21.6 Å². The lowest BCUT2D eigenvalue weighted by molar-refractivity contribution is -0.384.